The molecule has 4 nitrogen and oxygen atoms in total. The van der Waals surface area contributed by atoms with Gasteiger partial charge in [0, 0.05) is 19.6 Å². The number of hydrogen-bond donors (Lipinski definition) is 1. The number of piperidine rings is 1. The highest BCUT2D eigenvalue weighted by atomic mass is 16.3. The molecule has 1 aliphatic rings. The van der Waals surface area contributed by atoms with Crippen LogP contribution in [-0.4, -0.2) is 53.6 Å². The molecule has 4 heteroatoms. The lowest BCUT2D eigenvalue weighted by molar-refractivity contribution is -0.134. The summed E-state index contributed by atoms with van der Waals surface area (Å²) in [5.74, 6) is 0.163. The summed E-state index contributed by atoms with van der Waals surface area (Å²) in [4.78, 5) is 16.4. The average Bonchev–Trinajstić information content (AvgIpc) is 2.50. The van der Waals surface area contributed by atoms with Crippen molar-refractivity contribution in [1.29, 1.82) is 0 Å². The van der Waals surface area contributed by atoms with E-state index in [1.165, 1.54) is 22.3 Å². The lowest BCUT2D eigenvalue weighted by atomic mass is 9.84. The third-order valence-corrected chi connectivity index (χ3v) is 5.21. The molecule has 1 heterocycles. The maximum absolute atomic E-state index is 12.5. The quantitative estimate of drug-likeness (QED) is 0.911. The Bertz CT molecular complexity index is 588. The highest BCUT2D eigenvalue weighted by molar-refractivity contribution is 5.78. The number of likely N-dealkylation sites (tertiary alicyclic amines) is 1. The van der Waals surface area contributed by atoms with Crippen LogP contribution in [-0.2, 0) is 16.8 Å². The second kappa shape index (κ2) is 7.88. The zero-order chi connectivity index (χ0) is 18.8. The van der Waals surface area contributed by atoms with E-state index in [1.54, 1.807) is 0 Å². The van der Waals surface area contributed by atoms with Crippen LogP contribution in [0.25, 0.3) is 0 Å². The van der Waals surface area contributed by atoms with Crippen LogP contribution < -0.4 is 0 Å². The van der Waals surface area contributed by atoms with Gasteiger partial charge in [-0.2, -0.15) is 0 Å². The predicted octanol–water partition coefficient (Wildman–Crippen LogP) is 3.02. The summed E-state index contributed by atoms with van der Waals surface area (Å²) in [6.07, 6.45) is 1.15. The molecule has 0 radical (unpaired) electrons. The molecule has 0 bridgehead atoms. The molecule has 2 rings (SSSR count). The van der Waals surface area contributed by atoms with Crippen LogP contribution in [0.15, 0.2) is 12.1 Å². The Hall–Kier alpha value is -1.39. The van der Waals surface area contributed by atoms with Gasteiger partial charge in [-0.05, 0) is 61.4 Å². The first-order valence-electron chi connectivity index (χ1n) is 9.33. The van der Waals surface area contributed by atoms with Gasteiger partial charge in [-0.1, -0.05) is 32.9 Å². The summed E-state index contributed by atoms with van der Waals surface area (Å²) in [5.41, 5.74) is 5.42. The largest absolute Gasteiger partial charge is 0.393 e. The van der Waals surface area contributed by atoms with E-state index in [0.717, 1.165) is 6.54 Å². The number of hydrogen-bond acceptors (Lipinski definition) is 3. The summed E-state index contributed by atoms with van der Waals surface area (Å²) in [6, 6.07) is 4.56. The molecule has 0 aliphatic carbocycles. The predicted molar refractivity (Wildman–Crippen MR) is 103 cm³/mol. The summed E-state index contributed by atoms with van der Waals surface area (Å²) in [5, 5.41) is 9.58. The molecule has 25 heavy (non-hydrogen) atoms. The monoisotopic (exact) mass is 346 g/mol. The van der Waals surface area contributed by atoms with Gasteiger partial charge in [0.05, 0.1) is 12.6 Å². The van der Waals surface area contributed by atoms with Crippen molar-refractivity contribution in [3.63, 3.8) is 0 Å². The van der Waals surface area contributed by atoms with Gasteiger partial charge in [0.1, 0.15) is 0 Å². The summed E-state index contributed by atoms with van der Waals surface area (Å²) < 4.78 is 0. The maximum atomic E-state index is 12.5. The molecule has 1 N–H and O–H groups in total. The molecular formula is C21H34N2O2. The molecule has 140 valence electrons. The minimum absolute atomic E-state index is 0.148. The van der Waals surface area contributed by atoms with Gasteiger partial charge in [-0.15, -0.1) is 0 Å². The van der Waals surface area contributed by atoms with Gasteiger partial charge in [-0.3, -0.25) is 9.69 Å². The van der Waals surface area contributed by atoms with Crippen molar-refractivity contribution in [3.8, 4) is 0 Å². The maximum Gasteiger partial charge on any atom is 0.236 e. The fourth-order valence-electron chi connectivity index (χ4n) is 3.45. The van der Waals surface area contributed by atoms with Crippen molar-refractivity contribution in [2.75, 3.05) is 26.7 Å². The molecule has 0 atom stereocenters. The first-order chi connectivity index (χ1) is 11.6. The van der Waals surface area contributed by atoms with Crippen LogP contribution in [0, 0.1) is 13.8 Å². The Morgan fingerprint density at radius 3 is 2.20 bits per heavy atom. The van der Waals surface area contributed by atoms with E-state index in [-0.39, 0.29) is 17.4 Å². The van der Waals surface area contributed by atoms with Gasteiger partial charge in [0.2, 0.25) is 5.91 Å². The molecule has 0 aromatic heterocycles. The minimum Gasteiger partial charge on any atom is -0.393 e. The number of nitrogens with zero attached hydrogens (tertiary/aromatic N) is 2. The molecule has 1 saturated heterocycles. The van der Waals surface area contributed by atoms with Gasteiger partial charge >= 0.3 is 0 Å². The van der Waals surface area contributed by atoms with Crippen LogP contribution in [0.2, 0.25) is 0 Å². The first kappa shape index (κ1) is 19.9. The SMILES string of the molecule is Cc1cc(C(C)(C)C)cc(C)c1CN(C)CC(=O)N1CCC(O)CC1. The van der Waals surface area contributed by atoms with E-state index < -0.39 is 0 Å². The Labute approximate surface area is 152 Å². The van der Waals surface area contributed by atoms with Crippen molar-refractivity contribution in [1.82, 2.24) is 9.80 Å². The zero-order valence-electron chi connectivity index (χ0n) is 16.7. The van der Waals surface area contributed by atoms with Crippen molar-refractivity contribution >= 4 is 5.91 Å². The minimum atomic E-state index is -0.242. The van der Waals surface area contributed by atoms with E-state index >= 15 is 0 Å². The number of amides is 1. The number of aryl methyl sites for hydroxylation is 2. The molecule has 0 saturated carbocycles. The number of carbonyl (C=O) groups excluding carboxylic acids is 1. The number of aliphatic hydroxyl groups excluding tert-OH is 1. The number of carbonyl (C=O) groups is 1. The van der Waals surface area contributed by atoms with Crippen molar-refractivity contribution in [3.05, 3.63) is 34.4 Å². The highest BCUT2D eigenvalue weighted by Gasteiger charge is 2.22. The summed E-state index contributed by atoms with van der Waals surface area (Å²) >= 11 is 0. The highest BCUT2D eigenvalue weighted by Crippen LogP contribution is 2.27. The summed E-state index contributed by atoms with van der Waals surface area (Å²) in [7, 11) is 2.01. The number of rotatable bonds is 4. The number of aliphatic hydroxyl groups is 1. The van der Waals surface area contributed by atoms with Crippen LogP contribution in [0.3, 0.4) is 0 Å². The number of likely N-dealkylation sites (N-methyl/N-ethyl adjacent to an activating group) is 1. The molecular weight excluding hydrogens is 312 g/mol. The average molecular weight is 347 g/mol. The molecule has 1 amide bonds. The molecule has 1 aliphatic heterocycles. The molecule has 1 fully saturated rings. The van der Waals surface area contributed by atoms with Crippen LogP contribution in [0.5, 0.6) is 0 Å². The lowest BCUT2D eigenvalue weighted by Gasteiger charge is -2.31. The fraction of sp³-hybridized carbons (Fsp3) is 0.667. The van der Waals surface area contributed by atoms with Crippen LogP contribution >= 0.6 is 0 Å². The first-order valence-corrected chi connectivity index (χ1v) is 9.33. The van der Waals surface area contributed by atoms with Gasteiger partial charge in [0.25, 0.3) is 0 Å². The van der Waals surface area contributed by atoms with E-state index in [4.69, 9.17) is 0 Å². The Balaban J connectivity index is 2.00. The Morgan fingerprint density at radius 2 is 1.72 bits per heavy atom. The van der Waals surface area contributed by atoms with E-state index in [2.05, 4.69) is 51.7 Å². The fourth-order valence-corrected chi connectivity index (χ4v) is 3.45. The van der Waals surface area contributed by atoms with E-state index in [0.29, 0.717) is 32.5 Å². The zero-order valence-corrected chi connectivity index (χ0v) is 16.7. The lowest BCUT2D eigenvalue weighted by Crippen LogP contribution is -2.44. The third kappa shape index (κ3) is 5.29. The van der Waals surface area contributed by atoms with Crippen molar-refractivity contribution < 1.29 is 9.90 Å². The Morgan fingerprint density at radius 1 is 1.20 bits per heavy atom. The normalized spacial score (nSPS) is 16.6. The van der Waals surface area contributed by atoms with E-state index in [1.807, 2.05) is 11.9 Å². The second-order valence-corrected chi connectivity index (χ2v) is 8.62. The van der Waals surface area contributed by atoms with Crippen LogP contribution in [0.1, 0.15) is 55.9 Å². The van der Waals surface area contributed by atoms with Crippen molar-refractivity contribution in [2.24, 2.45) is 0 Å². The smallest absolute Gasteiger partial charge is 0.236 e. The topological polar surface area (TPSA) is 43.8 Å². The van der Waals surface area contributed by atoms with Crippen LogP contribution in [0.4, 0.5) is 0 Å². The molecule has 1 aromatic carbocycles. The van der Waals surface area contributed by atoms with Gasteiger partial charge in [0.15, 0.2) is 0 Å². The second-order valence-electron chi connectivity index (χ2n) is 8.62. The van der Waals surface area contributed by atoms with E-state index in [9.17, 15) is 9.90 Å². The molecule has 0 unspecified atom stereocenters. The number of benzene rings is 1. The third-order valence-electron chi connectivity index (χ3n) is 5.21. The van der Waals surface area contributed by atoms with Gasteiger partial charge < -0.3 is 10.0 Å². The molecule has 0 spiro atoms. The Kier molecular flexibility index (Phi) is 6.28. The molecule has 1 aromatic rings. The van der Waals surface area contributed by atoms with Gasteiger partial charge in [-0.25, -0.2) is 0 Å². The standard InChI is InChI=1S/C21H34N2O2/c1-15-11-17(21(3,4)5)12-16(2)19(15)13-22(6)14-20(25)23-9-7-18(24)8-10-23/h11-12,18,24H,7-10,13-14H2,1-6H3. The van der Waals surface area contributed by atoms with Crippen molar-refractivity contribution in [2.45, 2.75) is 65.5 Å². The summed E-state index contributed by atoms with van der Waals surface area (Å²) in [6.45, 7) is 13.6.